The standard InChI is InChI=1S/C16H22N4O2/c1-13(12-20-8-4-7-19-20)10-17-16(21)18-11-14-5-3-6-15(9-14)22-2/h3-9,13H,10-12H2,1-2H3,(H2,17,18,21)/t13-/m1/s1. The summed E-state index contributed by atoms with van der Waals surface area (Å²) in [5.74, 6) is 1.09. The highest BCUT2D eigenvalue weighted by molar-refractivity contribution is 5.73. The summed E-state index contributed by atoms with van der Waals surface area (Å²) in [6.45, 7) is 3.92. The Bertz CT molecular complexity index is 584. The zero-order valence-electron chi connectivity index (χ0n) is 13.0. The summed E-state index contributed by atoms with van der Waals surface area (Å²) >= 11 is 0. The molecule has 6 heteroatoms. The maximum atomic E-state index is 11.8. The lowest BCUT2D eigenvalue weighted by Gasteiger charge is -2.13. The maximum Gasteiger partial charge on any atom is 0.315 e. The number of urea groups is 1. The molecule has 0 radical (unpaired) electrons. The Hall–Kier alpha value is -2.50. The number of carbonyl (C=O) groups excluding carboxylic acids is 1. The molecule has 0 spiro atoms. The Morgan fingerprint density at radius 3 is 2.95 bits per heavy atom. The molecule has 0 aliphatic carbocycles. The number of benzene rings is 1. The van der Waals surface area contributed by atoms with Gasteiger partial charge in [-0.2, -0.15) is 5.10 Å². The summed E-state index contributed by atoms with van der Waals surface area (Å²) in [5, 5.41) is 9.86. The number of carbonyl (C=O) groups is 1. The zero-order valence-corrected chi connectivity index (χ0v) is 13.0. The minimum Gasteiger partial charge on any atom is -0.497 e. The zero-order chi connectivity index (χ0) is 15.8. The van der Waals surface area contributed by atoms with Gasteiger partial charge in [0.15, 0.2) is 0 Å². The van der Waals surface area contributed by atoms with Crippen LogP contribution in [-0.2, 0) is 13.1 Å². The molecule has 0 saturated heterocycles. The third-order valence-electron chi connectivity index (χ3n) is 3.26. The second kappa shape index (κ2) is 8.07. The van der Waals surface area contributed by atoms with Gasteiger partial charge in [-0.3, -0.25) is 4.68 Å². The molecule has 0 aliphatic heterocycles. The van der Waals surface area contributed by atoms with Crippen LogP contribution < -0.4 is 15.4 Å². The second-order valence-corrected chi connectivity index (χ2v) is 5.25. The van der Waals surface area contributed by atoms with Gasteiger partial charge >= 0.3 is 6.03 Å². The normalized spacial score (nSPS) is 11.7. The fourth-order valence-corrected chi connectivity index (χ4v) is 2.09. The molecule has 1 aromatic heterocycles. The molecule has 0 unspecified atom stereocenters. The summed E-state index contributed by atoms with van der Waals surface area (Å²) < 4.78 is 7.02. The molecule has 2 rings (SSSR count). The number of ether oxygens (including phenoxy) is 1. The van der Waals surface area contributed by atoms with Gasteiger partial charge in [0.25, 0.3) is 0 Å². The van der Waals surface area contributed by atoms with Gasteiger partial charge in [0.05, 0.1) is 7.11 Å². The molecular weight excluding hydrogens is 280 g/mol. The molecule has 1 heterocycles. The van der Waals surface area contributed by atoms with Crippen molar-refractivity contribution in [3.05, 3.63) is 48.3 Å². The van der Waals surface area contributed by atoms with Crippen molar-refractivity contribution in [1.29, 1.82) is 0 Å². The molecule has 22 heavy (non-hydrogen) atoms. The number of hydrogen-bond donors (Lipinski definition) is 2. The molecule has 118 valence electrons. The van der Waals surface area contributed by atoms with Crippen molar-refractivity contribution < 1.29 is 9.53 Å². The second-order valence-electron chi connectivity index (χ2n) is 5.25. The summed E-state index contributed by atoms with van der Waals surface area (Å²) in [6, 6.07) is 9.35. The minimum atomic E-state index is -0.171. The monoisotopic (exact) mass is 302 g/mol. The molecule has 6 nitrogen and oxygen atoms in total. The average molecular weight is 302 g/mol. The van der Waals surface area contributed by atoms with Crippen LogP contribution in [0, 0.1) is 5.92 Å². The highest BCUT2D eigenvalue weighted by Crippen LogP contribution is 2.11. The van der Waals surface area contributed by atoms with E-state index in [-0.39, 0.29) is 6.03 Å². The van der Waals surface area contributed by atoms with E-state index in [4.69, 9.17) is 4.74 Å². The van der Waals surface area contributed by atoms with E-state index in [1.807, 2.05) is 41.2 Å². The molecule has 1 aromatic carbocycles. The van der Waals surface area contributed by atoms with Crippen LogP contribution in [0.5, 0.6) is 5.75 Å². The van der Waals surface area contributed by atoms with E-state index in [9.17, 15) is 4.79 Å². The largest absolute Gasteiger partial charge is 0.497 e. The first kappa shape index (κ1) is 15.9. The Labute approximate surface area is 130 Å². The van der Waals surface area contributed by atoms with Crippen LogP contribution in [0.4, 0.5) is 4.79 Å². The van der Waals surface area contributed by atoms with Gasteiger partial charge in [-0.25, -0.2) is 4.79 Å². The lowest BCUT2D eigenvalue weighted by atomic mass is 10.2. The fraction of sp³-hybridized carbons (Fsp3) is 0.375. The van der Waals surface area contributed by atoms with Gasteiger partial charge in [-0.05, 0) is 29.7 Å². The van der Waals surface area contributed by atoms with E-state index in [0.29, 0.717) is 19.0 Å². The van der Waals surface area contributed by atoms with Crippen molar-refractivity contribution in [2.75, 3.05) is 13.7 Å². The van der Waals surface area contributed by atoms with Crippen molar-refractivity contribution >= 4 is 6.03 Å². The lowest BCUT2D eigenvalue weighted by Crippen LogP contribution is -2.38. The van der Waals surface area contributed by atoms with Crippen molar-refractivity contribution in [3.63, 3.8) is 0 Å². The number of hydrogen-bond acceptors (Lipinski definition) is 3. The topological polar surface area (TPSA) is 68.2 Å². The maximum absolute atomic E-state index is 11.8. The third kappa shape index (κ3) is 5.12. The quantitative estimate of drug-likeness (QED) is 0.822. The van der Waals surface area contributed by atoms with Crippen LogP contribution in [0.1, 0.15) is 12.5 Å². The molecule has 1 atom stereocenters. The smallest absolute Gasteiger partial charge is 0.315 e. The van der Waals surface area contributed by atoms with Crippen molar-refractivity contribution in [2.24, 2.45) is 5.92 Å². The SMILES string of the molecule is COc1cccc(CNC(=O)NC[C@@H](C)Cn2cccn2)c1. The average Bonchev–Trinajstić information content (AvgIpc) is 3.04. The van der Waals surface area contributed by atoms with E-state index in [2.05, 4.69) is 22.7 Å². The number of aromatic nitrogens is 2. The van der Waals surface area contributed by atoms with Gasteiger partial charge in [0, 0.05) is 32.0 Å². The Kier molecular flexibility index (Phi) is 5.82. The molecule has 0 bridgehead atoms. The molecule has 2 aromatic rings. The predicted molar refractivity (Wildman–Crippen MR) is 84.6 cm³/mol. The van der Waals surface area contributed by atoms with E-state index in [1.54, 1.807) is 13.3 Å². The summed E-state index contributed by atoms with van der Waals surface area (Å²) in [6.07, 6.45) is 3.67. The van der Waals surface area contributed by atoms with Crippen LogP contribution >= 0.6 is 0 Å². The number of rotatable bonds is 7. The molecule has 2 N–H and O–H groups in total. The van der Waals surface area contributed by atoms with E-state index in [0.717, 1.165) is 17.9 Å². The van der Waals surface area contributed by atoms with Crippen LogP contribution in [0.15, 0.2) is 42.7 Å². The van der Waals surface area contributed by atoms with Gasteiger partial charge < -0.3 is 15.4 Å². The third-order valence-corrected chi connectivity index (χ3v) is 3.26. The van der Waals surface area contributed by atoms with Gasteiger partial charge in [0.1, 0.15) is 5.75 Å². The Morgan fingerprint density at radius 2 is 2.23 bits per heavy atom. The summed E-state index contributed by atoms with van der Waals surface area (Å²) in [7, 11) is 1.63. The number of nitrogens with one attached hydrogen (secondary N) is 2. The molecule has 0 saturated carbocycles. The first-order chi connectivity index (χ1) is 10.7. The van der Waals surface area contributed by atoms with E-state index >= 15 is 0 Å². The Balaban J connectivity index is 1.69. The molecular formula is C16H22N4O2. The highest BCUT2D eigenvalue weighted by atomic mass is 16.5. The van der Waals surface area contributed by atoms with Crippen molar-refractivity contribution in [1.82, 2.24) is 20.4 Å². The van der Waals surface area contributed by atoms with Gasteiger partial charge in [0.2, 0.25) is 0 Å². The van der Waals surface area contributed by atoms with Crippen molar-refractivity contribution in [3.8, 4) is 5.75 Å². The van der Waals surface area contributed by atoms with Crippen molar-refractivity contribution in [2.45, 2.75) is 20.0 Å². The highest BCUT2D eigenvalue weighted by Gasteiger charge is 2.06. The minimum absolute atomic E-state index is 0.171. The summed E-state index contributed by atoms with van der Waals surface area (Å²) in [4.78, 5) is 11.8. The van der Waals surface area contributed by atoms with Crippen LogP contribution in [0.3, 0.4) is 0 Å². The lowest BCUT2D eigenvalue weighted by molar-refractivity contribution is 0.238. The number of amides is 2. The van der Waals surface area contributed by atoms with Gasteiger partial charge in [-0.1, -0.05) is 19.1 Å². The predicted octanol–water partition coefficient (Wildman–Crippen LogP) is 2.03. The van der Waals surface area contributed by atoms with E-state index in [1.165, 1.54) is 0 Å². The Morgan fingerprint density at radius 1 is 1.36 bits per heavy atom. The first-order valence-electron chi connectivity index (χ1n) is 7.29. The van der Waals surface area contributed by atoms with Crippen LogP contribution in [0.25, 0.3) is 0 Å². The number of methoxy groups -OCH3 is 1. The van der Waals surface area contributed by atoms with E-state index < -0.39 is 0 Å². The van der Waals surface area contributed by atoms with Crippen LogP contribution in [0.2, 0.25) is 0 Å². The fourth-order valence-electron chi connectivity index (χ4n) is 2.09. The first-order valence-corrected chi connectivity index (χ1v) is 7.29. The molecule has 0 aliphatic rings. The summed E-state index contributed by atoms with van der Waals surface area (Å²) in [5.41, 5.74) is 0.999. The van der Waals surface area contributed by atoms with Gasteiger partial charge in [-0.15, -0.1) is 0 Å². The molecule has 2 amide bonds. The van der Waals surface area contributed by atoms with Crippen LogP contribution in [-0.4, -0.2) is 29.5 Å². The molecule has 0 fully saturated rings. The number of nitrogens with zero attached hydrogens (tertiary/aromatic N) is 2.